The molecular formula is C32H36N4O2. The summed E-state index contributed by atoms with van der Waals surface area (Å²) in [5.41, 5.74) is 2.80. The lowest BCUT2D eigenvalue weighted by Crippen LogP contribution is -2.66. The van der Waals surface area contributed by atoms with Crippen LogP contribution in [0.2, 0.25) is 0 Å². The van der Waals surface area contributed by atoms with Gasteiger partial charge in [-0.3, -0.25) is 9.59 Å². The van der Waals surface area contributed by atoms with Crippen molar-refractivity contribution in [2.75, 3.05) is 10.6 Å². The highest BCUT2D eigenvalue weighted by Crippen LogP contribution is 2.64. The van der Waals surface area contributed by atoms with Crippen molar-refractivity contribution in [2.24, 2.45) is 10.8 Å². The van der Waals surface area contributed by atoms with Crippen LogP contribution in [-0.2, 0) is 20.4 Å². The number of hydrogen-bond acceptors (Lipinski definition) is 4. The Labute approximate surface area is 224 Å². The van der Waals surface area contributed by atoms with E-state index in [0.717, 1.165) is 11.4 Å². The van der Waals surface area contributed by atoms with Gasteiger partial charge in [-0.1, -0.05) is 76.2 Å². The third-order valence-corrected chi connectivity index (χ3v) is 11.0. The molecule has 6 heteroatoms. The average molecular weight is 509 g/mol. The highest BCUT2D eigenvalue weighted by atomic mass is 16.2. The van der Waals surface area contributed by atoms with E-state index in [1.165, 1.54) is 11.1 Å². The Balaban J connectivity index is 1.38. The molecule has 2 N–H and O–H groups in total. The van der Waals surface area contributed by atoms with Gasteiger partial charge in [-0.05, 0) is 46.9 Å². The van der Waals surface area contributed by atoms with Crippen LogP contribution in [-0.4, -0.2) is 46.0 Å². The summed E-state index contributed by atoms with van der Waals surface area (Å²) in [4.78, 5) is 33.0. The first-order chi connectivity index (χ1) is 18.1. The van der Waals surface area contributed by atoms with E-state index >= 15 is 0 Å². The van der Waals surface area contributed by atoms with Crippen LogP contribution in [0, 0.1) is 10.8 Å². The number of allylic oxidation sites excluding steroid dienone is 2. The lowest BCUT2D eigenvalue weighted by atomic mass is 9.60. The summed E-state index contributed by atoms with van der Waals surface area (Å²) in [6, 6.07) is 15.5. The number of hydrogen-bond donors (Lipinski definition) is 2. The van der Waals surface area contributed by atoms with Gasteiger partial charge in [0.1, 0.15) is 24.4 Å². The molecule has 6 atom stereocenters. The van der Waals surface area contributed by atoms with Crippen LogP contribution >= 0.6 is 0 Å². The molecule has 3 fully saturated rings. The van der Waals surface area contributed by atoms with E-state index in [4.69, 9.17) is 0 Å². The van der Waals surface area contributed by atoms with Crippen molar-refractivity contribution in [3.63, 3.8) is 0 Å². The molecule has 5 aliphatic heterocycles. The van der Waals surface area contributed by atoms with Crippen LogP contribution in [0.1, 0.15) is 51.7 Å². The summed E-state index contributed by atoms with van der Waals surface area (Å²) in [6.45, 7) is 17.1. The summed E-state index contributed by atoms with van der Waals surface area (Å²) in [5, 5.41) is 7.36. The fraction of sp³-hybridized carbons (Fsp3) is 0.438. The molecule has 2 aromatic carbocycles. The molecule has 196 valence electrons. The Bertz CT molecular complexity index is 1320. The van der Waals surface area contributed by atoms with Crippen LogP contribution in [0.5, 0.6) is 0 Å². The number of carbonyl (C=O) groups excluding carboxylic acids is 2. The number of nitrogens with zero attached hydrogens (tertiary/aromatic N) is 2. The number of para-hydroxylation sites is 2. The summed E-state index contributed by atoms with van der Waals surface area (Å²) < 4.78 is 0. The minimum absolute atomic E-state index is 0.0366. The Morgan fingerprint density at radius 3 is 1.47 bits per heavy atom. The molecule has 5 aliphatic rings. The Kier molecular flexibility index (Phi) is 4.40. The Morgan fingerprint density at radius 2 is 1.11 bits per heavy atom. The fourth-order valence-corrected chi connectivity index (χ4v) is 8.66. The third-order valence-electron chi connectivity index (χ3n) is 11.0. The summed E-state index contributed by atoms with van der Waals surface area (Å²) in [7, 11) is 0. The number of nitrogens with one attached hydrogen (secondary N) is 2. The van der Waals surface area contributed by atoms with E-state index in [9.17, 15) is 9.59 Å². The van der Waals surface area contributed by atoms with Gasteiger partial charge in [0.25, 0.3) is 0 Å². The second-order valence-electron chi connectivity index (χ2n) is 12.9. The van der Waals surface area contributed by atoms with E-state index in [0.29, 0.717) is 12.8 Å². The number of amides is 2. The minimum Gasteiger partial charge on any atom is -0.364 e. The number of benzene rings is 2. The predicted octanol–water partition coefficient (Wildman–Crippen LogP) is 5.01. The first kappa shape index (κ1) is 23.6. The van der Waals surface area contributed by atoms with Crippen LogP contribution in [0.3, 0.4) is 0 Å². The Hall–Kier alpha value is -3.54. The van der Waals surface area contributed by atoms with E-state index in [1.54, 1.807) is 0 Å². The van der Waals surface area contributed by atoms with Crippen LogP contribution < -0.4 is 10.6 Å². The lowest BCUT2D eigenvalue weighted by Gasteiger charge is -2.45. The zero-order chi connectivity index (χ0) is 26.8. The van der Waals surface area contributed by atoms with Gasteiger partial charge in [-0.25, -0.2) is 0 Å². The summed E-state index contributed by atoms with van der Waals surface area (Å²) >= 11 is 0. The maximum Gasteiger partial charge on any atom is 0.247 e. The quantitative estimate of drug-likeness (QED) is 0.570. The standard InChI is InChI=1S/C32H36N4O2/c1-7-29(3,4)31-17-23-25(37)36-24(26(38)35(23)27(31)33-21-15-11-9-13-19(21)31)18-32(30(5,6)8-2)20-14-10-12-16-22(20)34-28(32)36/h7-16,23-24,27-28,33-34H,1-2,17-18H2,3-6H3/t23-,24+,27-,28?,31+,32-/m0/s1. The molecule has 3 saturated heterocycles. The molecule has 0 bridgehead atoms. The molecule has 0 aliphatic carbocycles. The molecule has 0 spiro atoms. The topological polar surface area (TPSA) is 64.7 Å². The zero-order valence-electron chi connectivity index (χ0n) is 22.6. The summed E-state index contributed by atoms with van der Waals surface area (Å²) in [6.07, 6.45) is 4.50. The van der Waals surface area contributed by atoms with Crippen molar-refractivity contribution < 1.29 is 9.59 Å². The number of anilines is 2. The van der Waals surface area contributed by atoms with Gasteiger partial charge in [0.05, 0.1) is 0 Å². The number of carbonyl (C=O) groups is 2. The van der Waals surface area contributed by atoms with Crippen molar-refractivity contribution in [3.05, 3.63) is 85.0 Å². The molecule has 0 aromatic heterocycles. The largest absolute Gasteiger partial charge is 0.364 e. The first-order valence-corrected chi connectivity index (χ1v) is 13.7. The maximum absolute atomic E-state index is 14.6. The van der Waals surface area contributed by atoms with Crippen molar-refractivity contribution in [1.82, 2.24) is 9.80 Å². The van der Waals surface area contributed by atoms with E-state index in [2.05, 4.69) is 75.8 Å². The SMILES string of the molecule is C=CC(C)(C)[C@]12C[C@@H]3C(=O)N4[C@@H](C[C@@]5(C(C)(C)C=C)c6ccccc6N[C@@H]45)C(=O)N3C1Nc1ccccc12. The van der Waals surface area contributed by atoms with Crippen LogP contribution in [0.15, 0.2) is 73.8 Å². The minimum atomic E-state index is -0.531. The van der Waals surface area contributed by atoms with Gasteiger partial charge in [-0.15, -0.1) is 13.2 Å². The van der Waals surface area contributed by atoms with Gasteiger partial charge in [0.15, 0.2) is 0 Å². The number of piperazine rings is 1. The second-order valence-corrected chi connectivity index (χ2v) is 12.9. The third kappa shape index (κ3) is 2.37. The Morgan fingerprint density at radius 1 is 0.737 bits per heavy atom. The van der Waals surface area contributed by atoms with E-state index in [-0.39, 0.29) is 35.0 Å². The van der Waals surface area contributed by atoms with E-state index in [1.807, 2.05) is 46.2 Å². The molecule has 5 heterocycles. The fourth-order valence-electron chi connectivity index (χ4n) is 8.66. The van der Waals surface area contributed by atoms with Crippen molar-refractivity contribution in [3.8, 4) is 0 Å². The van der Waals surface area contributed by atoms with Crippen molar-refractivity contribution in [1.29, 1.82) is 0 Å². The smallest absolute Gasteiger partial charge is 0.247 e. The second kappa shape index (κ2) is 7.10. The zero-order valence-corrected chi connectivity index (χ0v) is 22.6. The van der Waals surface area contributed by atoms with Crippen LogP contribution in [0.4, 0.5) is 11.4 Å². The van der Waals surface area contributed by atoms with Crippen LogP contribution in [0.25, 0.3) is 0 Å². The molecule has 6 nitrogen and oxygen atoms in total. The maximum atomic E-state index is 14.6. The first-order valence-electron chi connectivity index (χ1n) is 13.7. The highest BCUT2D eigenvalue weighted by molar-refractivity contribution is 6.00. The molecular weight excluding hydrogens is 472 g/mol. The molecule has 7 rings (SSSR count). The normalized spacial score (nSPS) is 34.4. The molecule has 0 saturated carbocycles. The van der Waals surface area contributed by atoms with Gasteiger partial charge < -0.3 is 20.4 Å². The van der Waals surface area contributed by atoms with Crippen molar-refractivity contribution in [2.45, 2.75) is 75.8 Å². The molecule has 38 heavy (non-hydrogen) atoms. The molecule has 2 aromatic rings. The monoisotopic (exact) mass is 508 g/mol. The van der Waals surface area contributed by atoms with Gasteiger partial charge in [0.2, 0.25) is 11.8 Å². The predicted molar refractivity (Wildman–Crippen MR) is 150 cm³/mol. The number of fused-ring (bicyclic) bond motifs is 10. The number of rotatable bonds is 4. The summed E-state index contributed by atoms with van der Waals surface area (Å²) in [5.74, 6) is 0.0733. The van der Waals surface area contributed by atoms with Gasteiger partial charge >= 0.3 is 0 Å². The van der Waals surface area contributed by atoms with Crippen molar-refractivity contribution >= 4 is 23.2 Å². The van der Waals surface area contributed by atoms with Gasteiger partial charge in [-0.2, -0.15) is 0 Å². The highest BCUT2D eigenvalue weighted by Gasteiger charge is 2.73. The average Bonchev–Trinajstić information content (AvgIpc) is 3.62. The van der Waals surface area contributed by atoms with E-state index < -0.39 is 22.9 Å². The molecule has 1 unspecified atom stereocenters. The molecule has 0 radical (unpaired) electrons. The lowest BCUT2D eigenvalue weighted by molar-refractivity contribution is -0.160. The van der Waals surface area contributed by atoms with Gasteiger partial charge in [0, 0.05) is 22.2 Å². The molecule has 2 amide bonds.